The normalized spacial score (nSPS) is 11.8. The summed E-state index contributed by atoms with van der Waals surface area (Å²) in [7, 11) is 2.80. The number of rotatable bonds is 6. The number of benzene rings is 1. The molecule has 0 saturated heterocycles. The van der Waals surface area contributed by atoms with Crippen molar-refractivity contribution in [1.29, 1.82) is 0 Å². The molecule has 6 heteroatoms. The van der Waals surface area contributed by atoms with Crippen molar-refractivity contribution in [3.05, 3.63) is 22.7 Å². The van der Waals surface area contributed by atoms with E-state index in [1.165, 1.54) is 14.2 Å². The average Bonchev–Trinajstić information content (AvgIpc) is 2.40. The third-order valence-corrected chi connectivity index (χ3v) is 2.83. The van der Waals surface area contributed by atoms with Crippen LogP contribution in [0.3, 0.4) is 0 Å². The maximum absolute atomic E-state index is 11.3. The summed E-state index contributed by atoms with van der Waals surface area (Å²) in [5.74, 6) is 0.304. The molecule has 1 aromatic carbocycles. The molecule has 0 aliphatic heterocycles. The molecule has 0 heterocycles. The molecule has 19 heavy (non-hydrogen) atoms. The van der Waals surface area contributed by atoms with Crippen molar-refractivity contribution in [2.45, 2.75) is 19.4 Å². The predicted molar refractivity (Wildman–Crippen MR) is 72.9 cm³/mol. The molecule has 1 atom stereocenters. The van der Waals surface area contributed by atoms with E-state index in [4.69, 9.17) is 26.8 Å². The fourth-order valence-electron chi connectivity index (χ4n) is 1.59. The SMILES string of the molecule is COC(=O)C(C)Oc1c(Cl)cc(CCN)cc1OC. The van der Waals surface area contributed by atoms with Crippen molar-refractivity contribution in [1.82, 2.24) is 0 Å². The van der Waals surface area contributed by atoms with E-state index in [0.29, 0.717) is 29.5 Å². The van der Waals surface area contributed by atoms with Crippen molar-refractivity contribution in [2.24, 2.45) is 5.73 Å². The van der Waals surface area contributed by atoms with Gasteiger partial charge in [-0.2, -0.15) is 0 Å². The van der Waals surface area contributed by atoms with Gasteiger partial charge >= 0.3 is 5.97 Å². The van der Waals surface area contributed by atoms with Crippen LogP contribution in [0, 0.1) is 0 Å². The molecule has 2 N–H and O–H groups in total. The van der Waals surface area contributed by atoms with E-state index in [2.05, 4.69) is 4.74 Å². The fourth-order valence-corrected chi connectivity index (χ4v) is 1.87. The quantitative estimate of drug-likeness (QED) is 0.808. The molecule has 0 bridgehead atoms. The number of hydrogen-bond donors (Lipinski definition) is 1. The summed E-state index contributed by atoms with van der Waals surface area (Å²) in [6.45, 7) is 2.09. The second-order valence-corrected chi connectivity index (χ2v) is 4.34. The summed E-state index contributed by atoms with van der Waals surface area (Å²) >= 11 is 6.14. The second-order valence-electron chi connectivity index (χ2n) is 3.93. The van der Waals surface area contributed by atoms with Gasteiger partial charge in [0.15, 0.2) is 17.6 Å². The lowest BCUT2D eigenvalue weighted by atomic mass is 10.1. The zero-order chi connectivity index (χ0) is 14.4. The van der Waals surface area contributed by atoms with E-state index in [1.807, 2.05) is 0 Å². The monoisotopic (exact) mass is 287 g/mol. The van der Waals surface area contributed by atoms with E-state index < -0.39 is 12.1 Å². The zero-order valence-corrected chi connectivity index (χ0v) is 12.0. The van der Waals surface area contributed by atoms with Crippen LogP contribution in [-0.4, -0.2) is 32.8 Å². The first-order valence-electron chi connectivity index (χ1n) is 5.84. The number of halogens is 1. The van der Waals surface area contributed by atoms with Gasteiger partial charge in [0.05, 0.1) is 19.2 Å². The minimum Gasteiger partial charge on any atom is -0.493 e. The van der Waals surface area contributed by atoms with Crippen LogP contribution in [-0.2, 0) is 16.0 Å². The van der Waals surface area contributed by atoms with Gasteiger partial charge in [0.25, 0.3) is 0 Å². The highest BCUT2D eigenvalue weighted by molar-refractivity contribution is 6.32. The Morgan fingerprint density at radius 2 is 2.11 bits per heavy atom. The molecule has 0 aliphatic rings. The van der Waals surface area contributed by atoms with Crippen molar-refractivity contribution in [2.75, 3.05) is 20.8 Å². The molecular weight excluding hydrogens is 270 g/mol. The molecule has 0 spiro atoms. The molecule has 0 saturated carbocycles. The van der Waals surface area contributed by atoms with Crippen LogP contribution in [0.1, 0.15) is 12.5 Å². The average molecular weight is 288 g/mol. The molecule has 1 aromatic rings. The van der Waals surface area contributed by atoms with Gasteiger partial charge in [0.1, 0.15) is 0 Å². The summed E-state index contributed by atoms with van der Waals surface area (Å²) in [5, 5.41) is 0.374. The number of esters is 1. The van der Waals surface area contributed by atoms with E-state index in [9.17, 15) is 4.79 Å². The molecule has 1 unspecified atom stereocenters. The van der Waals surface area contributed by atoms with E-state index >= 15 is 0 Å². The summed E-state index contributed by atoms with van der Waals surface area (Å²) in [6.07, 6.45) is -0.0834. The zero-order valence-electron chi connectivity index (χ0n) is 11.2. The summed E-state index contributed by atoms with van der Waals surface area (Å²) < 4.78 is 15.3. The first kappa shape index (κ1) is 15.6. The maximum Gasteiger partial charge on any atom is 0.346 e. The first-order valence-corrected chi connectivity index (χ1v) is 6.22. The highest BCUT2D eigenvalue weighted by Crippen LogP contribution is 2.37. The molecule has 0 fully saturated rings. The van der Waals surface area contributed by atoms with Crippen LogP contribution < -0.4 is 15.2 Å². The summed E-state index contributed by atoms with van der Waals surface area (Å²) in [6, 6.07) is 3.54. The van der Waals surface area contributed by atoms with Gasteiger partial charge in [-0.05, 0) is 37.6 Å². The van der Waals surface area contributed by atoms with Gasteiger partial charge in [-0.15, -0.1) is 0 Å². The molecule has 0 aromatic heterocycles. The number of hydrogen-bond acceptors (Lipinski definition) is 5. The van der Waals surface area contributed by atoms with Gasteiger partial charge in [-0.1, -0.05) is 11.6 Å². The summed E-state index contributed by atoms with van der Waals surface area (Å²) in [4.78, 5) is 11.3. The van der Waals surface area contributed by atoms with Gasteiger partial charge in [-0.3, -0.25) is 0 Å². The standard InChI is InChI=1S/C13H18ClNO4/c1-8(13(16)18-3)19-12-10(14)6-9(4-5-15)7-11(12)17-2/h6-8H,4-5,15H2,1-3H3. The topological polar surface area (TPSA) is 70.8 Å². The van der Waals surface area contributed by atoms with E-state index in [-0.39, 0.29) is 0 Å². The van der Waals surface area contributed by atoms with Crippen molar-refractivity contribution in [3.8, 4) is 11.5 Å². The Labute approximate surface area is 117 Å². The third-order valence-electron chi connectivity index (χ3n) is 2.55. The minimum absolute atomic E-state index is 0.322. The highest BCUT2D eigenvalue weighted by atomic mass is 35.5. The molecule has 1 rings (SSSR count). The molecular formula is C13H18ClNO4. The third kappa shape index (κ3) is 4.01. The summed E-state index contributed by atoms with van der Waals surface area (Å²) in [5.41, 5.74) is 6.45. The lowest BCUT2D eigenvalue weighted by Crippen LogP contribution is -2.25. The van der Waals surface area contributed by atoms with Gasteiger partial charge in [-0.25, -0.2) is 4.79 Å². The smallest absolute Gasteiger partial charge is 0.346 e. The Hall–Kier alpha value is -1.46. The Kier molecular flexibility index (Phi) is 5.92. The van der Waals surface area contributed by atoms with Crippen LogP contribution in [0.2, 0.25) is 5.02 Å². The van der Waals surface area contributed by atoms with Crippen LogP contribution in [0.5, 0.6) is 11.5 Å². The number of carbonyl (C=O) groups excluding carboxylic acids is 1. The second kappa shape index (κ2) is 7.21. The number of methoxy groups -OCH3 is 2. The Morgan fingerprint density at radius 3 is 2.63 bits per heavy atom. The van der Waals surface area contributed by atoms with Crippen LogP contribution in [0.4, 0.5) is 0 Å². The Morgan fingerprint density at radius 1 is 1.42 bits per heavy atom. The van der Waals surface area contributed by atoms with Crippen LogP contribution in [0.15, 0.2) is 12.1 Å². The predicted octanol–water partition coefficient (Wildman–Crippen LogP) is 1.79. The number of carbonyl (C=O) groups is 1. The number of ether oxygens (including phenoxy) is 3. The molecule has 0 aliphatic carbocycles. The van der Waals surface area contributed by atoms with Crippen molar-refractivity contribution < 1.29 is 19.0 Å². The van der Waals surface area contributed by atoms with E-state index in [1.54, 1.807) is 19.1 Å². The molecule has 5 nitrogen and oxygen atoms in total. The van der Waals surface area contributed by atoms with E-state index in [0.717, 1.165) is 5.56 Å². The van der Waals surface area contributed by atoms with Crippen molar-refractivity contribution in [3.63, 3.8) is 0 Å². The Balaban J connectivity index is 3.02. The van der Waals surface area contributed by atoms with Gasteiger partial charge in [0.2, 0.25) is 0 Å². The first-order chi connectivity index (χ1) is 9.03. The maximum atomic E-state index is 11.3. The Bertz CT molecular complexity index is 451. The van der Waals surface area contributed by atoms with Gasteiger partial charge in [0, 0.05) is 0 Å². The van der Waals surface area contributed by atoms with Crippen LogP contribution >= 0.6 is 11.6 Å². The molecule has 106 valence electrons. The van der Waals surface area contributed by atoms with Crippen molar-refractivity contribution >= 4 is 17.6 Å². The lowest BCUT2D eigenvalue weighted by molar-refractivity contribution is -0.147. The molecule has 0 radical (unpaired) electrons. The van der Waals surface area contributed by atoms with Gasteiger partial charge < -0.3 is 19.9 Å². The largest absolute Gasteiger partial charge is 0.493 e. The van der Waals surface area contributed by atoms with Crippen LogP contribution in [0.25, 0.3) is 0 Å². The highest BCUT2D eigenvalue weighted by Gasteiger charge is 2.20. The number of nitrogens with two attached hydrogens (primary N) is 1. The lowest BCUT2D eigenvalue weighted by Gasteiger charge is -2.17. The fraction of sp³-hybridized carbons (Fsp3) is 0.462. The minimum atomic E-state index is -0.767. The molecule has 0 amide bonds.